The summed E-state index contributed by atoms with van der Waals surface area (Å²) in [5.41, 5.74) is 7.84. The molecule has 0 unspecified atom stereocenters. The fourth-order valence-electron chi connectivity index (χ4n) is 4.11. The average molecular weight is 432 g/mol. The molecule has 0 saturated carbocycles. The molecule has 4 aromatic carbocycles. The van der Waals surface area contributed by atoms with Gasteiger partial charge >= 0.3 is 0 Å². The van der Waals surface area contributed by atoms with Gasteiger partial charge < -0.3 is 10.2 Å². The smallest absolute Gasteiger partial charge is 0.115 e. The van der Waals surface area contributed by atoms with Crippen LogP contribution in [0.25, 0.3) is 39.3 Å². The van der Waals surface area contributed by atoms with Gasteiger partial charge in [-0.3, -0.25) is 0 Å². The Morgan fingerprint density at radius 3 is 2.00 bits per heavy atom. The van der Waals surface area contributed by atoms with E-state index in [0.717, 1.165) is 51.3 Å². The lowest BCUT2D eigenvalue weighted by Crippen LogP contribution is -2.00. The molecular weight excluding hydrogens is 408 g/mol. The van der Waals surface area contributed by atoms with Crippen molar-refractivity contribution in [2.24, 2.45) is 0 Å². The van der Waals surface area contributed by atoms with E-state index in [9.17, 15) is 10.2 Å². The standard InChI is InChI=1S/C29H23N2O2/c1-2-27-28(21-11-15-25(32)16-12-21)30-31(29(27)22-13-17-26(33)18-14-22)24-10-6-9-23(19-24)20-7-4-3-5-8-20/h3-9,11-19,32-33H,2H2,1H3. The number of phenols is 2. The molecule has 1 heterocycles. The van der Waals surface area contributed by atoms with Crippen molar-refractivity contribution in [2.75, 3.05) is 0 Å². The Kier molecular flexibility index (Phi) is 5.41. The van der Waals surface area contributed by atoms with E-state index in [-0.39, 0.29) is 11.5 Å². The highest BCUT2D eigenvalue weighted by molar-refractivity contribution is 5.77. The molecule has 0 aliphatic carbocycles. The first-order valence-corrected chi connectivity index (χ1v) is 10.9. The van der Waals surface area contributed by atoms with E-state index < -0.39 is 0 Å². The van der Waals surface area contributed by atoms with Gasteiger partial charge in [-0.15, -0.1) is 0 Å². The molecule has 0 spiro atoms. The summed E-state index contributed by atoms with van der Waals surface area (Å²) in [6, 6.07) is 34.0. The van der Waals surface area contributed by atoms with E-state index in [0.29, 0.717) is 0 Å². The van der Waals surface area contributed by atoms with Gasteiger partial charge in [-0.05, 0) is 72.1 Å². The van der Waals surface area contributed by atoms with Crippen LogP contribution in [0.4, 0.5) is 0 Å². The lowest BCUT2D eigenvalue weighted by atomic mass is 9.99. The number of rotatable bonds is 5. The number of phenolic OH excluding ortho intramolecular Hbond substituents is 2. The summed E-state index contributed by atoms with van der Waals surface area (Å²) in [5.74, 6) is 0.443. The van der Waals surface area contributed by atoms with Gasteiger partial charge in [0.2, 0.25) is 0 Å². The van der Waals surface area contributed by atoms with Crippen LogP contribution in [0.5, 0.6) is 11.5 Å². The molecule has 4 heteroatoms. The van der Waals surface area contributed by atoms with Crippen molar-refractivity contribution < 1.29 is 10.2 Å². The zero-order valence-corrected chi connectivity index (χ0v) is 18.2. The van der Waals surface area contributed by atoms with Crippen molar-refractivity contribution in [3.05, 3.63) is 109 Å². The molecule has 161 valence electrons. The van der Waals surface area contributed by atoms with E-state index in [1.54, 1.807) is 24.3 Å². The van der Waals surface area contributed by atoms with E-state index >= 15 is 0 Å². The molecule has 0 amide bonds. The largest absolute Gasteiger partial charge is 0.508 e. The van der Waals surface area contributed by atoms with Gasteiger partial charge in [0.15, 0.2) is 0 Å². The first-order valence-electron chi connectivity index (χ1n) is 10.9. The zero-order valence-electron chi connectivity index (χ0n) is 18.2. The van der Waals surface area contributed by atoms with Crippen molar-refractivity contribution in [1.82, 2.24) is 9.78 Å². The second-order valence-corrected chi connectivity index (χ2v) is 7.86. The van der Waals surface area contributed by atoms with E-state index in [2.05, 4.69) is 31.2 Å². The Labute approximate surface area is 193 Å². The molecular formula is C29H23N2O2. The number of aromatic nitrogens is 2. The van der Waals surface area contributed by atoms with Crippen molar-refractivity contribution in [3.63, 3.8) is 0 Å². The van der Waals surface area contributed by atoms with Crippen LogP contribution in [0.2, 0.25) is 0 Å². The predicted molar refractivity (Wildman–Crippen MR) is 131 cm³/mol. The second kappa shape index (κ2) is 8.67. The quantitative estimate of drug-likeness (QED) is 0.328. The Hall–Kier alpha value is -4.31. The number of nitrogens with zero attached hydrogens (tertiary/aromatic N) is 2. The molecule has 0 saturated heterocycles. The third-order valence-corrected chi connectivity index (χ3v) is 5.74. The molecule has 0 fully saturated rings. The fourth-order valence-corrected chi connectivity index (χ4v) is 4.11. The maximum Gasteiger partial charge on any atom is 0.115 e. The fraction of sp³-hybridized carbons (Fsp3) is 0.0690. The van der Waals surface area contributed by atoms with Crippen LogP contribution in [-0.4, -0.2) is 20.0 Å². The first kappa shape index (κ1) is 20.6. The number of hydrogen-bond donors (Lipinski definition) is 2. The van der Waals surface area contributed by atoms with E-state index in [1.807, 2.05) is 59.3 Å². The second-order valence-electron chi connectivity index (χ2n) is 7.86. The summed E-state index contributed by atoms with van der Waals surface area (Å²) < 4.78 is 1.93. The highest BCUT2D eigenvalue weighted by Gasteiger charge is 2.21. The molecule has 0 aliphatic heterocycles. The molecule has 4 nitrogen and oxygen atoms in total. The zero-order chi connectivity index (χ0) is 22.8. The van der Waals surface area contributed by atoms with Crippen molar-refractivity contribution >= 4 is 0 Å². The molecule has 0 bridgehead atoms. The van der Waals surface area contributed by atoms with Crippen LogP contribution in [0.3, 0.4) is 0 Å². The van der Waals surface area contributed by atoms with E-state index in [1.165, 1.54) is 0 Å². The van der Waals surface area contributed by atoms with Crippen molar-refractivity contribution in [2.45, 2.75) is 13.3 Å². The summed E-state index contributed by atoms with van der Waals surface area (Å²) in [4.78, 5) is 0. The van der Waals surface area contributed by atoms with E-state index in [4.69, 9.17) is 5.10 Å². The minimum Gasteiger partial charge on any atom is -0.508 e. The van der Waals surface area contributed by atoms with Crippen LogP contribution in [0.15, 0.2) is 97.1 Å². The highest BCUT2D eigenvalue weighted by Crippen LogP contribution is 2.36. The van der Waals surface area contributed by atoms with Crippen LogP contribution >= 0.6 is 0 Å². The highest BCUT2D eigenvalue weighted by atomic mass is 16.3. The maximum absolute atomic E-state index is 9.84. The average Bonchev–Trinajstić information content (AvgIpc) is 3.25. The van der Waals surface area contributed by atoms with Gasteiger partial charge in [-0.2, -0.15) is 5.10 Å². The summed E-state index contributed by atoms with van der Waals surface area (Å²) in [7, 11) is 0. The van der Waals surface area contributed by atoms with Gasteiger partial charge in [-0.1, -0.05) is 49.4 Å². The van der Waals surface area contributed by atoms with Crippen molar-refractivity contribution in [1.29, 1.82) is 0 Å². The van der Waals surface area contributed by atoms with Crippen molar-refractivity contribution in [3.8, 4) is 50.8 Å². The van der Waals surface area contributed by atoms with Crippen LogP contribution in [0, 0.1) is 6.07 Å². The first-order chi connectivity index (χ1) is 16.1. The molecule has 5 aromatic rings. The molecule has 0 atom stereocenters. The minimum atomic E-state index is 0.221. The predicted octanol–water partition coefficient (Wildman–Crippen LogP) is 6.65. The van der Waals surface area contributed by atoms with Gasteiger partial charge in [0.05, 0.1) is 17.1 Å². The lowest BCUT2D eigenvalue weighted by molar-refractivity contribution is 0.475. The summed E-state index contributed by atoms with van der Waals surface area (Å²) in [6.45, 7) is 2.11. The molecule has 1 aromatic heterocycles. The Bertz CT molecular complexity index is 1390. The number of hydrogen-bond acceptors (Lipinski definition) is 3. The van der Waals surface area contributed by atoms with Gasteiger partial charge in [-0.25, -0.2) is 4.68 Å². The SMILES string of the molecule is CCc1c(-c2ccc(O)cc2)nn(-c2[c]ccc(-c3ccccc3)c2)c1-c1ccc(O)cc1. The third kappa shape index (κ3) is 3.99. The van der Waals surface area contributed by atoms with Crippen LogP contribution < -0.4 is 0 Å². The Morgan fingerprint density at radius 1 is 0.727 bits per heavy atom. The van der Waals surface area contributed by atoms with Gasteiger partial charge in [0, 0.05) is 22.8 Å². The molecule has 33 heavy (non-hydrogen) atoms. The molecule has 5 rings (SSSR count). The Balaban J connectivity index is 1.74. The topological polar surface area (TPSA) is 58.3 Å². The monoisotopic (exact) mass is 431 g/mol. The lowest BCUT2D eigenvalue weighted by Gasteiger charge is -2.11. The minimum absolute atomic E-state index is 0.221. The normalized spacial score (nSPS) is 10.9. The Morgan fingerprint density at radius 2 is 1.36 bits per heavy atom. The number of benzene rings is 4. The van der Waals surface area contributed by atoms with Gasteiger partial charge in [0.25, 0.3) is 0 Å². The third-order valence-electron chi connectivity index (χ3n) is 5.74. The number of aromatic hydroxyl groups is 2. The molecule has 1 radical (unpaired) electrons. The van der Waals surface area contributed by atoms with Crippen LogP contribution in [0.1, 0.15) is 12.5 Å². The van der Waals surface area contributed by atoms with Crippen LogP contribution in [-0.2, 0) is 6.42 Å². The summed E-state index contributed by atoms with van der Waals surface area (Å²) in [6.07, 6.45) is 0.769. The molecule has 2 N–H and O–H groups in total. The maximum atomic E-state index is 9.84. The summed E-state index contributed by atoms with van der Waals surface area (Å²) >= 11 is 0. The molecule has 0 aliphatic rings. The summed E-state index contributed by atoms with van der Waals surface area (Å²) in [5, 5.41) is 24.6. The van der Waals surface area contributed by atoms with Gasteiger partial charge in [0.1, 0.15) is 11.5 Å².